The van der Waals surface area contributed by atoms with Gasteiger partial charge >= 0.3 is 0 Å². The molecule has 1 aromatic heterocycles. The molecule has 0 fully saturated rings. The third kappa shape index (κ3) is 6.96. The molecule has 3 aromatic rings. The maximum absolute atomic E-state index is 10.4. The van der Waals surface area contributed by atoms with Crippen molar-refractivity contribution >= 4 is 11.6 Å². The van der Waals surface area contributed by atoms with Gasteiger partial charge in [-0.3, -0.25) is 4.90 Å². The Kier molecular flexibility index (Phi) is 9.77. The number of halogens is 1. The minimum absolute atomic E-state index is 0.312. The van der Waals surface area contributed by atoms with E-state index < -0.39 is 6.10 Å². The summed E-state index contributed by atoms with van der Waals surface area (Å²) in [5.41, 5.74) is 2.61. The molecule has 8 heteroatoms. The monoisotopic (exact) mass is 487 g/mol. The van der Waals surface area contributed by atoms with Gasteiger partial charge in [-0.2, -0.15) is 5.10 Å². The topological polar surface area (TPSA) is 69.0 Å². The zero-order valence-corrected chi connectivity index (χ0v) is 21.1. The first-order valence-electron chi connectivity index (χ1n) is 11.6. The number of hydrogen-bond acceptors (Lipinski definition) is 6. The second kappa shape index (κ2) is 12.8. The van der Waals surface area contributed by atoms with Crippen LogP contribution in [0.5, 0.6) is 17.4 Å². The lowest BCUT2D eigenvalue weighted by Crippen LogP contribution is -2.35. The summed E-state index contributed by atoms with van der Waals surface area (Å²) < 4.78 is 18.8. The number of aliphatic hydroxyl groups is 1. The normalized spacial score (nSPS) is 12.2. The fraction of sp³-hybridized carbons (Fsp3) is 0.423. The first-order valence-corrected chi connectivity index (χ1v) is 12.0. The molecule has 0 saturated heterocycles. The van der Waals surface area contributed by atoms with Crippen molar-refractivity contribution in [3.8, 4) is 23.1 Å². The van der Waals surface area contributed by atoms with Crippen LogP contribution in [0.15, 0.2) is 48.5 Å². The van der Waals surface area contributed by atoms with Crippen molar-refractivity contribution in [2.75, 3.05) is 33.4 Å². The maximum Gasteiger partial charge on any atom is 0.227 e. The zero-order chi connectivity index (χ0) is 24.5. The summed E-state index contributed by atoms with van der Waals surface area (Å²) in [6.07, 6.45) is 0.387. The first-order chi connectivity index (χ1) is 16.4. The van der Waals surface area contributed by atoms with Gasteiger partial charge in [0.25, 0.3) is 0 Å². The van der Waals surface area contributed by atoms with Gasteiger partial charge < -0.3 is 19.3 Å². The number of aryl methyl sites for hydroxylation is 1. The maximum atomic E-state index is 10.4. The summed E-state index contributed by atoms with van der Waals surface area (Å²) in [6.45, 7) is 8.81. The van der Waals surface area contributed by atoms with Crippen LogP contribution in [-0.4, -0.2) is 59.3 Å². The van der Waals surface area contributed by atoms with E-state index in [1.165, 1.54) is 0 Å². The molecule has 0 saturated carbocycles. The SMILES string of the molecule is CCCN(Cc1c(C)nn(-c2cccc(Cl)c2)c1Oc1ccc(OC)cc1)CC(O)COCC. The Morgan fingerprint density at radius 2 is 1.85 bits per heavy atom. The van der Waals surface area contributed by atoms with E-state index in [9.17, 15) is 5.11 Å². The molecule has 0 spiro atoms. The molecule has 0 radical (unpaired) electrons. The minimum atomic E-state index is -0.569. The van der Waals surface area contributed by atoms with Crippen LogP contribution in [0.1, 0.15) is 31.5 Å². The second-order valence-electron chi connectivity index (χ2n) is 8.09. The van der Waals surface area contributed by atoms with Crippen LogP contribution in [0.3, 0.4) is 0 Å². The lowest BCUT2D eigenvalue weighted by molar-refractivity contribution is 0.0195. The van der Waals surface area contributed by atoms with Gasteiger partial charge in [-0.05, 0) is 69.3 Å². The smallest absolute Gasteiger partial charge is 0.227 e. The first kappa shape index (κ1) is 26.0. The van der Waals surface area contributed by atoms with Gasteiger partial charge in [-0.1, -0.05) is 24.6 Å². The van der Waals surface area contributed by atoms with Crippen LogP contribution in [0, 0.1) is 6.92 Å². The van der Waals surface area contributed by atoms with Gasteiger partial charge in [-0.15, -0.1) is 0 Å². The molecule has 1 heterocycles. The van der Waals surface area contributed by atoms with Gasteiger partial charge in [0.15, 0.2) is 0 Å². The van der Waals surface area contributed by atoms with Crippen LogP contribution in [0.2, 0.25) is 5.02 Å². The summed E-state index contributed by atoms with van der Waals surface area (Å²) >= 11 is 6.27. The van der Waals surface area contributed by atoms with E-state index in [1.807, 2.05) is 62.4 Å². The standard InChI is InChI=1S/C26H34ClN3O4/c1-5-14-29(16-22(31)18-33-6-2)17-25-19(3)28-30(21-9-7-8-20(27)15-21)26(25)34-24-12-10-23(32-4)11-13-24/h7-13,15,22,31H,5-6,14,16-18H2,1-4H3. The number of nitrogens with zero attached hydrogens (tertiary/aromatic N) is 3. The van der Waals surface area contributed by atoms with Gasteiger partial charge in [0.2, 0.25) is 5.88 Å². The molecule has 7 nitrogen and oxygen atoms in total. The Labute approximate surface area is 206 Å². The van der Waals surface area contributed by atoms with Gasteiger partial charge in [-0.25, -0.2) is 4.68 Å². The Morgan fingerprint density at radius 1 is 1.12 bits per heavy atom. The molecular weight excluding hydrogens is 454 g/mol. The lowest BCUT2D eigenvalue weighted by Gasteiger charge is -2.25. The number of benzene rings is 2. The highest BCUT2D eigenvalue weighted by Gasteiger charge is 2.22. The van der Waals surface area contributed by atoms with Crippen molar-refractivity contribution in [3.05, 3.63) is 64.8 Å². The molecule has 184 valence electrons. The third-order valence-corrected chi connectivity index (χ3v) is 5.60. The summed E-state index contributed by atoms with van der Waals surface area (Å²) in [5, 5.41) is 15.9. The van der Waals surface area contributed by atoms with Gasteiger partial charge in [0, 0.05) is 24.7 Å². The second-order valence-corrected chi connectivity index (χ2v) is 8.52. The quantitative estimate of drug-likeness (QED) is 0.355. The number of rotatable bonds is 13. The molecule has 34 heavy (non-hydrogen) atoms. The summed E-state index contributed by atoms with van der Waals surface area (Å²) in [6, 6.07) is 15.0. The van der Waals surface area contributed by atoms with E-state index in [2.05, 4.69) is 11.8 Å². The van der Waals surface area contributed by atoms with Crippen LogP contribution in [0.25, 0.3) is 5.69 Å². The Morgan fingerprint density at radius 3 is 2.50 bits per heavy atom. The van der Waals surface area contributed by atoms with Crippen molar-refractivity contribution in [1.82, 2.24) is 14.7 Å². The molecule has 2 aromatic carbocycles. The fourth-order valence-electron chi connectivity index (χ4n) is 3.74. The van der Waals surface area contributed by atoms with Crippen LogP contribution < -0.4 is 9.47 Å². The largest absolute Gasteiger partial charge is 0.497 e. The Hall–Kier alpha value is -2.58. The van der Waals surface area contributed by atoms with Crippen LogP contribution >= 0.6 is 11.6 Å². The molecule has 1 unspecified atom stereocenters. The average Bonchev–Trinajstić information content (AvgIpc) is 3.13. The van der Waals surface area contributed by atoms with Crippen molar-refractivity contribution in [3.63, 3.8) is 0 Å². The minimum Gasteiger partial charge on any atom is -0.497 e. The summed E-state index contributed by atoms with van der Waals surface area (Å²) in [5.74, 6) is 2.04. The van der Waals surface area contributed by atoms with Crippen molar-refractivity contribution in [2.24, 2.45) is 0 Å². The fourth-order valence-corrected chi connectivity index (χ4v) is 3.93. The van der Waals surface area contributed by atoms with E-state index in [4.69, 9.17) is 30.9 Å². The van der Waals surface area contributed by atoms with Crippen LogP contribution in [-0.2, 0) is 11.3 Å². The third-order valence-electron chi connectivity index (χ3n) is 5.37. The number of methoxy groups -OCH3 is 1. The number of ether oxygens (including phenoxy) is 3. The number of aliphatic hydroxyl groups excluding tert-OH is 1. The molecule has 0 aliphatic heterocycles. The highest BCUT2D eigenvalue weighted by atomic mass is 35.5. The molecule has 0 amide bonds. The van der Waals surface area contributed by atoms with Crippen molar-refractivity contribution < 1.29 is 19.3 Å². The predicted octanol–water partition coefficient (Wildman–Crippen LogP) is 5.24. The zero-order valence-electron chi connectivity index (χ0n) is 20.3. The highest BCUT2D eigenvalue weighted by molar-refractivity contribution is 6.30. The molecule has 0 aliphatic carbocycles. The van der Waals surface area contributed by atoms with Crippen molar-refractivity contribution in [2.45, 2.75) is 39.8 Å². The lowest BCUT2D eigenvalue weighted by atomic mass is 10.2. The van der Waals surface area contributed by atoms with Gasteiger partial charge in [0.05, 0.1) is 36.8 Å². The molecular formula is C26H34ClN3O4. The molecule has 0 aliphatic rings. The number of aromatic nitrogens is 2. The summed E-state index contributed by atoms with van der Waals surface area (Å²) in [4.78, 5) is 2.21. The van der Waals surface area contributed by atoms with Gasteiger partial charge in [0.1, 0.15) is 11.5 Å². The molecule has 1 N–H and O–H groups in total. The predicted molar refractivity (Wildman–Crippen MR) is 134 cm³/mol. The average molecular weight is 488 g/mol. The van der Waals surface area contributed by atoms with E-state index in [0.717, 1.165) is 35.7 Å². The van der Waals surface area contributed by atoms with E-state index in [1.54, 1.807) is 11.8 Å². The Bertz CT molecular complexity index is 1040. The highest BCUT2D eigenvalue weighted by Crippen LogP contribution is 2.33. The summed E-state index contributed by atoms with van der Waals surface area (Å²) in [7, 11) is 1.63. The molecule has 1 atom stereocenters. The number of hydrogen-bond donors (Lipinski definition) is 1. The van der Waals surface area contributed by atoms with Crippen molar-refractivity contribution in [1.29, 1.82) is 0 Å². The van der Waals surface area contributed by atoms with E-state index in [-0.39, 0.29) is 0 Å². The molecule has 3 rings (SSSR count). The van der Waals surface area contributed by atoms with E-state index in [0.29, 0.717) is 43.0 Å². The molecule has 0 bridgehead atoms. The Balaban J connectivity index is 1.97. The van der Waals surface area contributed by atoms with Crippen LogP contribution in [0.4, 0.5) is 0 Å². The van der Waals surface area contributed by atoms with E-state index >= 15 is 0 Å².